The molecule has 1 aromatic heterocycles. The lowest BCUT2D eigenvalue weighted by Gasteiger charge is -2.10. The van der Waals surface area contributed by atoms with Crippen molar-refractivity contribution in [2.24, 2.45) is 0 Å². The predicted molar refractivity (Wildman–Crippen MR) is 89.5 cm³/mol. The van der Waals surface area contributed by atoms with Crippen LogP contribution in [-0.2, 0) is 13.0 Å². The van der Waals surface area contributed by atoms with E-state index >= 15 is 0 Å². The summed E-state index contributed by atoms with van der Waals surface area (Å²) in [5.74, 6) is 2.09. The van der Waals surface area contributed by atoms with Gasteiger partial charge in [-0.15, -0.1) is 0 Å². The number of carbonyl (C=O) groups excluding carboxylic acids is 1. The molecule has 2 rings (SSSR count). The highest BCUT2D eigenvalue weighted by atomic mass is 16.5. The number of nitrogens with zero attached hydrogens (tertiary/aromatic N) is 1. The fourth-order valence-electron chi connectivity index (χ4n) is 2.34. The standard InChI is InChI=1S/C17H23N3O4/c1-11-14(12(2)24-20-11)10-19-17(21)18-8-7-13-5-6-15(22-3)16(9-13)23-4/h5-6,9H,7-8,10H2,1-4H3,(H2,18,19,21). The highest BCUT2D eigenvalue weighted by Gasteiger charge is 2.10. The number of carbonyl (C=O) groups is 1. The second-order valence-corrected chi connectivity index (χ2v) is 5.35. The molecule has 0 unspecified atom stereocenters. The van der Waals surface area contributed by atoms with Gasteiger partial charge in [-0.2, -0.15) is 0 Å². The average Bonchev–Trinajstić information content (AvgIpc) is 2.91. The van der Waals surface area contributed by atoms with Gasteiger partial charge in [0.25, 0.3) is 0 Å². The number of hydrogen-bond donors (Lipinski definition) is 2. The Balaban J connectivity index is 1.78. The fourth-order valence-corrected chi connectivity index (χ4v) is 2.34. The Bertz CT molecular complexity index is 678. The zero-order chi connectivity index (χ0) is 17.5. The van der Waals surface area contributed by atoms with Gasteiger partial charge >= 0.3 is 6.03 Å². The smallest absolute Gasteiger partial charge is 0.315 e. The van der Waals surface area contributed by atoms with Crippen molar-refractivity contribution in [1.29, 1.82) is 0 Å². The molecule has 2 aromatic rings. The molecular formula is C17H23N3O4. The van der Waals surface area contributed by atoms with Crippen LogP contribution in [0.4, 0.5) is 4.79 Å². The molecule has 7 heteroatoms. The number of rotatable bonds is 7. The first-order valence-electron chi connectivity index (χ1n) is 7.69. The molecule has 0 atom stereocenters. The van der Waals surface area contributed by atoms with Crippen LogP contribution in [-0.4, -0.2) is 32.0 Å². The maximum absolute atomic E-state index is 11.9. The third kappa shape index (κ3) is 4.41. The minimum atomic E-state index is -0.226. The summed E-state index contributed by atoms with van der Waals surface area (Å²) in [7, 11) is 3.20. The van der Waals surface area contributed by atoms with E-state index in [1.165, 1.54) is 0 Å². The Morgan fingerprint density at radius 1 is 1.17 bits per heavy atom. The maximum Gasteiger partial charge on any atom is 0.315 e. The molecule has 0 aliphatic carbocycles. The van der Waals surface area contributed by atoms with Gasteiger partial charge in [-0.1, -0.05) is 11.2 Å². The van der Waals surface area contributed by atoms with Crippen molar-refractivity contribution in [2.75, 3.05) is 20.8 Å². The molecular weight excluding hydrogens is 310 g/mol. The summed E-state index contributed by atoms with van der Waals surface area (Å²) in [4.78, 5) is 11.9. The molecule has 1 aromatic carbocycles. The third-order valence-corrected chi connectivity index (χ3v) is 3.75. The summed E-state index contributed by atoms with van der Waals surface area (Å²) >= 11 is 0. The summed E-state index contributed by atoms with van der Waals surface area (Å²) < 4.78 is 15.5. The van der Waals surface area contributed by atoms with Crippen molar-refractivity contribution >= 4 is 6.03 Å². The van der Waals surface area contributed by atoms with Gasteiger partial charge in [0.1, 0.15) is 5.76 Å². The van der Waals surface area contributed by atoms with Gasteiger partial charge in [0, 0.05) is 18.7 Å². The number of nitrogens with one attached hydrogen (secondary N) is 2. The largest absolute Gasteiger partial charge is 0.493 e. The number of aryl methyl sites for hydroxylation is 2. The molecule has 0 aliphatic rings. The van der Waals surface area contributed by atoms with Gasteiger partial charge in [0.15, 0.2) is 11.5 Å². The van der Waals surface area contributed by atoms with Gasteiger partial charge in [0.2, 0.25) is 0 Å². The lowest BCUT2D eigenvalue weighted by Crippen LogP contribution is -2.36. The van der Waals surface area contributed by atoms with Crippen LogP contribution >= 0.6 is 0 Å². The predicted octanol–water partition coefficient (Wildman–Crippen LogP) is 2.35. The number of amides is 2. The fraction of sp³-hybridized carbons (Fsp3) is 0.412. The van der Waals surface area contributed by atoms with Crippen LogP contribution in [0.15, 0.2) is 22.7 Å². The SMILES string of the molecule is COc1ccc(CCNC(=O)NCc2c(C)noc2C)cc1OC. The van der Waals surface area contributed by atoms with Crippen LogP contribution in [0.25, 0.3) is 0 Å². The van der Waals surface area contributed by atoms with Crippen molar-refractivity contribution in [1.82, 2.24) is 15.8 Å². The van der Waals surface area contributed by atoms with Crippen LogP contribution in [0.1, 0.15) is 22.6 Å². The molecule has 2 N–H and O–H groups in total. The Morgan fingerprint density at radius 3 is 2.54 bits per heavy atom. The molecule has 2 amide bonds. The average molecular weight is 333 g/mol. The first-order valence-corrected chi connectivity index (χ1v) is 7.69. The van der Waals surface area contributed by atoms with E-state index in [9.17, 15) is 4.79 Å². The zero-order valence-corrected chi connectivity index (χ0v) is 14.4. The van der Waals surface area contributed by atoms with Crippen molar-refractivity contribution in [2.45, 2.75) is 26.8 Å². The highest BCUT2D eigenvalue weighted by Crippen LogP contribution is 2.27. The van der Waals surface area contributed by atoms with Gasteiger partial charge in [-0.3, -0.25) is 0 Å². The van der Waals surface area contributed by atoms with E-state index in [0.717, 1.165) is 22.6 Å². The summed E-state index contributed by atoms with van der Waals surface area (Å²) in [6.07, 6.45) is 0.694. The van der Waals surface area contributed by atoms with Crippen molar-refractivity contribution in [3.63, 3.8) is 0 Å². The first-order chi connectivity index (χ1) is 11.5. The summed E-state index contributed by atoms with van der Waals surface area (Å²) in [6.45, 7) is 4.58. The van der Waals surface area contributed by atoms with Gasteiger partial charge < -0.3 is 24.6 Å². The Morgan fingerprint density at radius 2 is 1.92 bits per heavy atom. The molecule has 0 fully saturated rings. The normalized spacial score (nSPS) is 10.3. The quantitative estimate of drug-likeness (QED) is 0.812. The number of aromatic nitrogens is 1. The minimum absolute atomic E-state index is 0.226. The van der Waals surface area contributed by atoms with Crippen LogP contribution in [0.2, 0.25) is 0 Å². The molecule has 0 aliphatic heterocycles. The monoisotopic (exact) mass is 333 g/mol. The molecule has 0 saturated heterocycles. The zero-order valence-electron chi connectivity index (χ0n) is 14.4. The summed E-state index contributed by atoms with van der Waals surface area (Å²) in [5.41, 5.74) is 2.75. The molecule has 1 heterocycles. The van der Waals surface area contributed by atoms with E-state index in [-0.39, 0.29) is 6.03 Å². The Hall–Kier alpha value is -2.70. The first kappa shape index (κ1) is 17.7. The van der Waals surface area contributed by atoms with Crippen LogP contribution in [0.5, 0.6) is 11.5 Å². The van der Waals surface area contributed by atoms with Gasteiger partial charge in [0.05, 0.1) is 19.9 Å². The molecule has 0 saturated carbocycles. The number of hydrogen-bond acceptors (Lipinski definition) is 5. The van der Waals surface area contributed by atoms with Crippen LogP contribution in [0.3, 0.4) is 0 Å². The molecule has 24 heavy (non-hydrogen) atoms. The van der Waals surface area contributed by atoms with E-state index in [2.05, 4.69) is 15.8 Å². The van der Waals surface area contributed by atoms with E-state index in [4.69, 9.17) is 14.0 Å². The molecule has 0 spiro atoms. The number of benzene rings is 1. The number of methoxy groups -OCH3 is 2. The minimum Gasteiger partial charge on any atom is -0.493 e. The van der Waals surface area contributed by atoms with Crippen molar-refractivity contribution in [3.05, 3.63) is 40.8 Å². The van der Waals surface area contributed by atoms with Gasteiger partial charge in [-0.05, 0) is 38.0 Å². The molecule has 130 valence electrons. The summed E-state index contributed by atoms with van der Waals surface area (Å²) in [6, 6.07) is 5.48. The Labute approximate surface area is 141 Å². The molecule has 0 bridgehead atoms. The summed E-state index contributed by atoms with van der Waals surface area (Å²) in [5, 5.41) is 9.48. The van der Waals surface area contributed by atoms with E-state index in [1.54, 1.807) is 14.2 Å². The van der Waals surface area contributed by atoms with E-state index < -0.39 is 0 Å². The maximum atomic E-state index is 11.9. The lowest BCUT2D eigenvalue weighted by molar-refractivity contribution is 0.240. The highest BCUT2D eigenvalue weighted by molar-refractivity contribution is 5.73. The van der Waals surface area contributed by atoms with E-state index in [0.29, 0.717) is 31.0 Å². The third-order valence-electron chi connectivity index (χ3n) is 3.75. The van der Waals surface area contributed by atoms with Gasteiger partial charge in [-0.25, -0.2) is 4.79 Å². The lowest BCUT2D eigenvalue weighted by atomic mass is 10.1. The van der Waals surface area contributed by atoms with Crippen molar-refractivity contribution < 1.29 is 18.8 Å². The molecule has 7 nitrogen and oxygen atoms in total. The Kier molecular flexibility index (Phi) is 6.06. The van der Waals surface area contributed by atoms with Crippen LogP contribution < -0.4 is 20.1 Å². The second-order valence-electron chi connectivity index (χ2n) is 5.35. The molecule has 0 radical (unpaired) electrons. The topological polar surface area (TPSA) is 85.6 Å². The van der Waals surface area contributed by atoms with Crippen LogP contribution in [0, 0.1) is 13.8 Å². The number of ether oxygens (including phenoxy) is 2. The number of urea groups is 1. The second kappa shape index (κ2) is 8.24. The van der Waals surface area contributed by atoms with E-state index in [1.807, 2.05) is 32.0 Å². The van der Waals surface area contributed by atoms with Crippen molar-refractivity contribution in [3.8, 4) is 11.5 Å².